The van der Waals surface area contributed by atoms with Gasteiger partial charge in [0.15, 0.2) is 0 Å². The highest BCUT2D eigenvalue weighted by Crippen LogP contribution is 2.24. The fourth-order valence-electron chi connectivity index (χ4n) is 1.44. The molecular weight excluding hydrogens is 220 g/mol. The monoisotopic (exact) mass is 240 g/mol. The molecule has 0 radical (unpaired) electrons. The standard InChI is InChI=1S/C14H21ClO/c1-14(2,3)12-6-8-13(9-7-12)16-11-5-4-10-15/h6-9H,4-5,10-11H2,1-3H3. The molecule has 1 aromatic rings. The van der Waals surface area contributed by atoms with E-state index in [0.29, 0.717) is 5.88 Å². The second-order valence-electron chi connectivity index (χ2n) is 5.02. The summed E-state index contributed by atoms with van der Waals surface area (Å²) in [6.45, 7) is 7.39. The Kier molecular flexibility index (Phi) is 5.14. The zero-order valence-corrected chi connectivity index (χ0v) is 11.2. The van der Waals surface area contributed by atoms with Crippen LogP contribution in [-0.4, -0.2) is 12.5 Å². The first-order valence-corrected chi connectivity index (χ1v) is 6.37. The minimum atomic E-state index is 0.206. The maximum atomic E-state index is 5.62. The van der Waals surface area contributed by atoms with Crippen molar-refractivity contribution in [1.29, 1.82) is 0 Å². The van der Waals surface area contributed by atoms with Crippen LogP contribution in [0.2, 0.25) is 0 Å². The molecule has 0 saturated carbocycles. The van der Waals surface area contributed by atoms with E-state index in [9.17, 15) is 0 Å². The van der Waals surface area contributed by atoms with Gasteiger partial charge in [0.25, 0.3) is 0 Å². The molecule has 1 aromatic carbocycles. The number of ether oxygens (including phenoxy) is 1. The number of unbranched alkanes of at least 4 members (excludes halogenated alkanes) is 1. The fourth-order valence-corrected chi connectivity index (χ4v) is 1.63. The average molecular weight is 241 g/mol. The van der Waals surface area contributed by atoms with Gasteiger partial charge in [-0.3, -0.25) is 0 Å². The van der Waals surface area contributed by atoms with E-state index in [4.69, 9.17) is 16.3 Å². The first kappa shape index (κ1) is 13.4. The molecule has 90 valence electrons. The molecule has 1 rings (SSSR count). The Morgan fingerprint density at radius 3 is 2.19 bits per heavy atom. The smallest absolute Gasteiger partial charge is 0.119 e. The molecule has 0 aromatic heterocycles. The van der Waals surface area contributed by atoms with Crippen LogP contribution in [0.1, 0.15) is 39.2 Å². The summed E-state index contributed by atoms with van der Waals surface area (Å²) in [5, 5.41) is 0. The summed E-state index contributed by atoms with van der Waals surface area (Å²) in [5.41, 5.74) is 1.54. The van der Waals surface area contributed by atoms with E-state index < -0.39 is 0 Å². The molecule has 0 spiro atoms. The lowest BCUT2D eigenvalue weighted by Crippen LogP contribution is -2.10. The van der Waals surface area contributed by atoms with E-state index >= 15 is 0 Å². The molecule has 0 heterocycles. The number of alkyl halides is 1. The molecule has 0 atom stereocenters. The van der Waals surface area contributed by atoms with Gasteiger partial charge in [-0.15, -0.1) is 11.6 Å². The first-order chi connectivity index (χ1) is 7.54. The summed E-state index contributed by atoms with van der Waals surface area (Å²) >= 11 is 5.60. The van der Waals surface area contributed by atoms with Crippen LogP contribution in [-0.2, 0) is 5.41 Å². The van der Waals surface area contributed by atoms with Crippen molar-refractivity contribution >= 4 is 11.6 Å². The second-order valence-corrected chi connectivity index (χ2v) is 5.40. The van der Waals surface area contributed by atoms with Crippen LogP contribution in [0.3, 0.4) is 0 Å². The van der Waals surface area contributed by atoms with Gasteiger partial charge in [-0.25, -0.2) is 0 Å². The van der Waals surface area contributed by atoms with Gasteiger partial charge in [-0.1, -0.05) is 32.9 Å². The summed E-state index contributed by atoms with van der Waals surface area (Å²) in [6, 6.07) is 8.36. The molecule has 0 amide bonds. The highest BCUT2D eigenvalue weighted by molar-refractivity contribution is 6.17. The van der Waals surface area contributed by atoms with E-state index in [1.165, 1.54) is 5.56 Å². The third-order valence-corrected chi connectivity index (χ3v) is 2.78. The van der Waals surface area contributed by atoms with Gasteiger partial charge < -0.3 is 4.74 Å². The molecule has 0 aliphatic heterocycles. The van der Waals surface area contributed by atoms with E-state index in [-0.39, 0.29) is 5.41 Å². The zero-order valence-electron chi connectivity index (χ0n) is 10.4. The van der Waals surface area contributed by atoms with Crippen LogP contribution in [0.4, 0.5) is 0 Å². The molecule has 16 heavy (non-hydrogen) atoms. The summed E-state index contributed by atoms with van der Waals surface area (Å²) < 4.78 is 5.62. The fraction of sp³-hybridized carbons (Fsp3) is 0.571. The van der Waals surface area contributed by atoms with E-state index in [2.05, 4.69) is 32.9 Å². The van der Waals surface area contributed by atoms with Crippen LogP contribution < -0.4 is 4.74 Å². The molecule has 2 heteroatoms. The third-order valence-electron chi connectivity index (χ3n) is 2.52. The Hall–Kier alpha value is -0.690. The molecule has 0 aliphatic carbocycles. The van der Waals surface area contributed by atoms with Gasteiger partial charge in [0, 0.05) is 5.88 Å². The molecular formula is C14H21ClO. The van der Waals surface area contributed by atoms with Gasteiger partial charge in [-0.05, 0) is 36.0 Å². The zero-order chi connectivity index (χ0) is 12.0. The number of hydrogen-bond donors (Lipinski definition) is 0. The van der Waals surface area contributed by atoms with Gasteiger partial charge in [0.05, 0.1) is 6.61 Å². The van der Waals surface area contributed by atoms with E-state index in [0.717, 1.165) is 25.2 Å². The molecule has 0 N–H and O–H groups in total. The Morgan fingerprint density at radius 1 is 1.06 bits per heavy atom. The predicted octanol–water partition coefficient (Wildman–Crippen LogP) is 4.38. The molecule has 0 saturated heterocycles. The third kappa shape index (κ3) is 4.44. The minimum Gasteiger partial charge on any atom is -0.494 e. The lowest BCUT2D eigenvalue weighted by molar-refractivity contribution is 0.309. The summed E-state index contributed by atoms with van der Waals surface area (Å²) in [6.07, 6.45) is 2.03. The number of halogens is 1. The summed E-state index contributed by atoms with van der Waals surface area (Å²) in [4.78, 5) is 0. The van der Waals surface area contributed by atoms with Crippen LogP contribution in [0.25, 0.3) is 0 Å². The summed E-state index contributed by atoms with van der Waals surface area (Å²) in [7, 11) is 0. The lowest BCUT2D eigenvalue weighted by atomic mass is 9.87. The Morgan fingerprint density at radius 2 is 1.69 bits per heavy atom. The topological polar surface area (TPSA) is 9.23 Å². The van der Waals surface area contributed by atoms with E-state index in [1.807, 2.05) is 12.1 Å². The number of benzene rings is 1. The Labute approximate surface area is 104 Å². The van der Waals surface area contributed by atoms with Gasteiger partial charge in [0.2, 0.25) is 0 Å². The van der Waals surface area contributed by atoms with Crippen LogP contribution in [0.15, 0.2) is 24.3 Å². The maximum Gasteiger partial charge on any atom is 0.119 e. The Bertz CT molecular complexity index is 298. The predicted molar refractivity (Wildman–Crippen MR) is 70.6 cm³/mol. The highest BCUT2D eigenvalue weighted by Gasteiger charge is 2.12. The van der Waals surface area contributed by atoms with Crippen molar-refractivity contribution in [2.75, 3.05) is 12.5 Å². The molecule has 0 unspecified atom stereocenters. The SMILES string of the molecule is CC(C)(C)c1ccc(OCCCCCl)cc1. The maximum absolute atomic E-state index is 5.62. The van der Waals surface area contributed by atoms with Crippen LogP contribution in [0.5, 0.6) is 5.75 Å². The average Bonchev–Trinajstić information content (AvgIpc) is 2.24. The van der Waals surface area contributed by atoms with E-state index in [1.54, 1.807) is 0 Å². The quantitative estimate of drug-likeness (QED) is 0.548. The summed E-state index contributed by atoms with van der Waals surface area (Å²) in [5.74, 6) is 1.66. The lowest BCUT2D eigenvalue weighted by Gasteiger charge is -2.19. The Balaban J connectivity index is 2.46. The molecule has 0 aliphatic rings. The minimum absolute atomic E-state index is 0.206. The van der Waals surface area contributed by atoms with Crippen molar-refractivity contribution in [2.45, 2.75) is 39.0 Å². The first-order valence-electron chi connectivity index (χ1n) is 5.83. The van der Waals surface area contributed by atoms with Crippen molar-refractivity contribution < 1.29 is 4.74 Å². The van der Waals surface area contributed by atoms with Crippen molar-refractivity contribution in [1.82, 2.24) is 0 Å². The van der Waals surface area contributed by atoms with Crippen LogP contribution >= 0.6 is 11.6 Å². The molecule has 0 bridgehead atoms. The van der Waals surface area contributed by atoms with Gasteiger partial charge >= 0.3 is 0 Å². The van der Waals surface area contributed by atoms with Crippen molar-refractivity contribution in [3.63, 3.8) is 0 Å². The van der Waals surface area contributed by atoms with Gasteiger partial charge in [-0.2, -0.15) is 0 Å². The molecule has 1 nitrogen and oxygen atoms in total. The van der Waals surface area contributed by atoms with Crippen molar-refractivity contribution in [3.8, 4) is 5.75 Å². The van der Waals surface area contributed by atoms with Crippen molar-refractivity contribution in [3.05, 3.63) is 29.8 Å². The largest absolute Gasteiger partial charge is 0.494 e. The normalized spacial score (nSPS) is 11.5. The highest BCUT2D eigenvalue weighted by atomic mass is 35.5. The molecule has 0 fully saturated rings. The van der Waals surface area contributed by atoms with Crippen LogP contribution in [0, 0.1) is 0 Å². The second kappa shape index (κ2) is 6.15. The van der Waals surface area contributed by atoms with Crippen molar-refractivity contribution in [2.24, 2.45) is 0 Å². The number of hydrogen-bond acceptors (Lipinski definition) is 1. The number of rotatable bonds is 5. The van der Waals surface area contributed by atoms with Gasteiger partial charge in [0.1, 0.15) is 5.75 Å².